The smallest absolute Gasteiger partial charge is 0.166 e. The molecule has 1 fully saturated rings. The van der Waals surface area contributed by atoms with E-state index in [1.165, 1.54) is 12.8 Å². The number of carbonyl (C=O) groups excluding carboxylic acids is 1. The maximum atomic E-state index is 10.9. The topological polar surface area (TPSA) is 46.4 Å². The van der Waals surface area contributed by atoms with E-state index in [1.54, 1.807) is 6.07 Å². The van der Waals surface area contributed by atoms with Crippen LogP contribution in [0.3, 0.4) is 0 Å². The number of hydrogen-bond acceptors (Lipinski definition) is 3. The molecule has 0 saturated carbocycles. The quantitative estimate of drug-likeness (QED) is 0.801. The highest BCUT2D eigenvalue weighted by molar-refractivity contribution is 5.73. The fourth-order valence-electron chi connectivity index (χ4n) is 2.42. The molecule has 3 rings (SSSR count). The maximum absolute atomic E-state index is 10.9. The Kier molecular flexibility index (Phi) is 2.65. The van der Waals surface area contributed by atoms with Crippen LogP contribution in [0.25, 0.3) is 5.65 Å². The zero-order valence-electron chi connectivity index (χ0n) is 9.60. The van der Waals surface area contributed by atoms with E-state index in [9.17, 15) is 4.79 Å². The number of pyridine rings is 1. The third kappa shape index (κ3) is 1.85. The van der Waals surface area contributed by atoms with Crippen LogP contribution in [-0.4, -0.2) is 22.2 Å². The molecule has 0 radical (unpaired) electrons. The number of carbonyl (C=O) groups is 1. The first kappa shape index (κ1) is 10.5. The molecule has 0 spiro atoms. The average Bonchev–Trinajstić information content (AvgIpc) is 2.83. The first-order chi connectivity index (χ1) is 8.38. The van der Waals surface area contributed by atoms with E-state index < -0.39 is 0 Å². The standard InChI is InChI=1S/C13H15N3O/c17-9-10-4-3-6-13-15-12(8-16(10)13)11-5-1-2-7-14-11/h3-4,6,8-9,11,14H,1-2,5,7H2. The van der Waals surface area contributed by atoms with E-state index in [1.807, 2.05) is 22.7 Å². The molecule has 0 aromatic carbocycles. The van der Waals surface area contributed by atoms with Gasteiger partial charge in [0.25, 0.3) is 0 Å². The monoisotopic (exact) mass is 229 g/mol. The fourth-order valence-corrected chi connectivity index (χ4v) is 2.42. The Morgan fingerprint density at radius 1 is 1.41 bits per heavy atom. The number of hydrogen-bond donors (Lipinski definition) is 1. The van der Waals surface area contributed by atoms with Crippen molar-refractivity contribution in [1.82, 2.24) is 14.7 Å². The molecule has 0 aliphatic carbocycles. The molecule has 4 heteroatoms. The van der Waals surface area contributed by atoms with Crippen LogP contribution in [0.2, 0.25) is 0 Å². The summed E-state index contributed by atoms with van der Waals surface area (Å²) < 4.78 is 1.86. The first-order valence-corrected chi connectivity index (χ1v) is 6.05. The van der Waals surface area contributed by atoms with Crippen molar-refractivity contribution in [1.29, 1.82) is 0 Å². The van der Waals surface area contributed by atoms with E-state index >= 15 is 0 Å². The molecule has 1 saturated heterocycles. The van der Waals surface area contributed by atoms with E-state index in [0.717, 1.165) is 30.6 Å². The molecule has 0 bridgehead atoms. The number of nitrogens with one attached hydrogen (secondary N) is 1. The molecule has 17 heavy (non-hydrogen) atoms. The van der Waals surface area contributed by atoms with Crippen LogP contribution in [0, 0.1) is 0 Å². The number of fused-ring (bicyclic) bond motifs is 1. The second kappa shape index (κ2) is 4.30. The molecule has 1 atom stereocenters. The Labute approximate surface area is 99.7 Å². The molecule has 1 aliphatic heterocycles. The molecule has 1 aliphatic rings. The van der Waals surface area contributed by atoms with Gasteiger partial charge >= 0.3 is 0 Å². The van der Waals surface area contributed by atoms with E-state index in [2.05, 4.69) is 10.3 Å². The van der Waals surface area contributed by atoms with Crippen LogP contribution in [0.5, 0.6) is 0 Å². The Morgan fingerprint density at radius 3 is 3.12 bits per heavy atom. The molecule has 4 nitrogen and oxygen atoms in total. The number of aldehydes is 1. The fraction of sp³-hybridized carbons (Fsp3) is 0.385. The van der Waals surface area contributed by atoms with Gasteiger partial charge in [-0.3, -0.25) is 9.20 Å². The van der Waals surface area contributed by atoms with Crippen molar-refractivity contribution < 1.29 is 4.79 Å². The van der Waals surface area contributed by atoms with Crippen molar-refractivity contribution in [2.45, 2.75) is 25.3 Å². The highest BCUT2D eigenvalue weighted by Gasteiger charge is 2.17. The predicted molar refractivity (Wildman–Crippen MR) is 65.2 cm³/mol. The first-order valence-electron chi connectivity index (χ1n) is 6.05. The van der Waals surface area contributed by atoms with Crippen molar-refractivity contribution in [3.05, 3.63) is 35.8 Å². The Balaban J connectivity index is 2.03. The third-order valence-corrected chi connectivity index (χ3v) is 3.33. The lowest BCUT2D eigenvalue weighted by atomic mass is 10.0. The summed E-state index contributed by atoms with van der Waals surface area (Å²) in [5, 5.41) is 3.47. The normalized spacial score (nSPS) is 20.6. The van der Waals surface area contributed by atoms with Gasteiger partial charge in [-0.25, -0.2) is 4.98 Å². The number of aromatic nitrogens is 2. The Hall–Kier alpha value is -1.68. The van der Waals surface area contributed by atoms with Crippen LogP contribution in [0.15, 0.2) is 24.4 Å². The molecular formula is C13H15N3O. The van der Waals surface area contributed by atoms with Gasteiger partial charge < -0.3 is 5.32 Å². The van der Waals surface area contributed by atoms with Gasteiger partial charge in [-0.1, -0.05) is 12.5 Å². The molecule has 88 valence electrons. The number of piperidine rings is 1. The van der Waals surface area contributed by atoms with Crippen LogP contribution < -0.4 is 5.32 Å². The lowest BCUT2D eigenvalue weighted by Crippen LogP contribution is -2.26. The van der Waals surface area contributed by atoms with Crippen molar-refractivity contribution in [2.75, 3.05) is 6.54 Å². The second-order valence-electron chi connectivity index (χ2n) is 4.46. The second-order valence-corrected chi connectivity index (χ2v) is 4.46. The SMILES string of the molecule is O=Cc1cccc2nc(C3CCCCN3)cn12. The van der Waals surface area contributed by atoms with Crippen molar-refractivity contribution in [3.63, 3.8) is 0 Å². The van der Waals surface area contributed by atoms with Crippen molar-refractivity contribution >= 4 is 11.9 Å². The highest BCUT2D eigenvalue weighted by atomic mass is 16.1. The summed E-state index contributed by atoms with van der Waals surface area (Å²) in [6, 6.07) is 5.94. The van der Waals surface area contributed by atoms with Gasteiger partial charge in [-0.15, -0.1) is 0 Å². The minimum atomic E-state index is 0.336. The molecule has 1 unspecified atom stereocenters. The van der Waals surface area contributed by atoms with Gasteiger partial charge in [0, 0.05) is 6.20 Å². The summed E-state index contributed by atoms with van der Waals surface area (Å²) >= 11 is 0. The van der Waals surface area contributed by atoms with Gasteiger partial charge in [-0.2, -0.15) is 0 Å². The minimum Gasteiger partial charge on any atom is -0.309 e. The van der Waals surface area contributed by atoms with E-state index in [0.29, 0.717) is 11.7 Å². The molecule has 2 aromatic heterocycles. The highest BCUT2D eigenvalue weighted by Crippen LogP contribution is 2.22. The van der Waals surface area contributed by atoms with E-state index in [4.69, 9.17) is 0 Å². The minimum absolute atomic E-state index is 0.336. The van der Waals surface area contributed by atoms with Crippen molar-refractivity contribution in [2.24, 2.45) is 0 Å². The summed E-state index contributed by atoms with van der Waals surface area (Å²) in [6.07, 6.45) is 6.45. The van der Waals surface area contributed by atoms with Crippen LogP contribution >= 0.6 is 0 Å². The lowest BCUT2D eigenvalue weighted by Gasteiger charge is -2.21. The van der Waals surface area contributed by atoms with E-state index in [-0.39, 0.29) is 0 Å². The molecule has 2 aromatic rings. The van der Waals surface area contributed by atoms with Gasteiger partial charge in [-0.05, 0) is 31.5 Å². The predicted octanol–water partition coefficient (Wildman–Crippen LogP) is 1.96. The average molecular weight is 229 g/mol. The van der Waals surface area contributed by atoms with Crippen LogP contribution in [0.4, 0.5) is 0 Å². The summed E-state index contributed by atoms with van der Waals surface area (Å²) in [4.78, 5) is 15.5. The summed E-state index contributed by atoms with van der Waals surface area (Å²) in [5.41, 5.74) is 2.54. The molecule has 3 heterocycles. The maximum Gasteiger partial charge on any atom is 0.166 e. The van der Waals surface area contributed by atoms with Gasteiger partial charge in [0.2, 0.25) is 0 Å². The summed E-state index contributed by atoms with van der Waals surface area (Å²) in [7, 11) is 0. The van der Waals surface area contributed by atoms with Gasteiger partial charge in [0.15, 0.2) is 6.29 Å². The molecule has 1 N–H and O–H groups in total. The number of rotatable bonds is 2. The summed E-state index contributed by atoms with van der Waals surface area (Å²) in [5.74, 6) is 0. The Bertz CT molecular complexity index is 541. The summed E-state index contributed by atoms with van der Waals surface area (Å²) in [6.45, 7) is 1.05. The largest absolute Gasteiger partial charge is 0.309 e. The zero-order valence-corrected chi connectivity index (χ0v) is 9.60. The lowest BCUT2D eigenvalue weighted by molar-refractivity contribution is 0.111. The molecule has 0 amide bonds. The molecular weight excluding hydrogens is 214 g/mol. The van der Waals surface area contributed by atoms with Crippen molar-refractivity contribution in [3.8, 4) is 0 Å². The van der Waals surface area contributed by atoms with Gasteiger partial charge in [0.1, 0.15) is 5.65 Å². The zero-order chi connectivity index (χ0) is 11.7. The van der Waals surface area contributed by atoms with Crippen LogP contribution in [-0.2, 0) is 0 Å². The number of imidazole rings is 1. The number of nitrogens with zero attached hydrogens (tertiary/aromatic N) is 2. The van der Waals surface area contributed by atoms with Crippen LogP contribution in [0.1, 0.15) is 41.5 Å². The van der Waals surface area contributed by atoms with Gasteiger partial charge in [0.05, 0.1) is 17.4 Å². The third-order valence-electron chi connectivity index (χ3n) is 3.33. The Morgan fingerprint density at radius 2 is 2.35 bits per heavy atom.